The Morgan fingerprint density at radius 2 is 1.42 bits per heavy atom. The van der Waals surface area contributed by atoms with Crippen molar-refractivity contribution in [2.45, 2.75) is 0 Å². The van der Waals surface area contributed by atoms with E-state index in [1.165, 1.54) is 0 Å². The molecule has 3 aromatic carbocycles. The smallest absolute Gasteiger partial charge is 0.118 e. The van der Waals surface area contributed by atoms with Gasteiger partial charge in [-0.3, -0.25) is 4.99 Å². The number of ether oxygens (including phenoxy) is 1. The molecule has 0 aromatic heterocycles. The van der Waals surface area contributed by atoms with Crippen LogP contribution in [0.1, 0.15) is 11.1 Å². The summed E-state index contributed by atoms with van der Waals surface area (Å²) in [5.74, 6) is 0.832. The van der Waals surface area contributed by atoms with Gasteiger partial charge < -0.3 is 4.74 Å². The van der Waals surface area contributed by atoms with Gasteiger partial charge in [-0.25, -0.2) is 0 Å². The maximum atomic E-state index is 8.84. The van der Waals surface area contributed by atoms with Crippen molar-refractivity contribution in [1.29, 1.82) is 5.26 Å². The zero-order chi connectivity index (χ0) is 16.8. The number of aliphatic imine (C=N–C) groups is 1. The third-order valence-electron chi connectivity index (χ3n) is 3.69. The summed E-state index contributed by atoms with van der Waals surface area (Å²) < 4.78 is 5.14. The van der Waals surface area contributed by atoms with Crippen LogP contribution >= 0.6 is 0 Å². The largest absolute Gasteiger partial charge is 0.497 e. The van der Waals surface area contributed by atoms with Crippen LogP contribution in [0.25, 0.3) is 11.1 Å². The van der Waals surface area contributed by atoms with Crippen LogP contribution in [0.2, 0.25) is 0 Å². The van der Waals surface area contributed by atoms with Crippen LogP contribution in [0.5, 0.6) is 5.75 Å². The predicted molar refractivity (Wildman–Crippen MR) is 96.8 cm³/mol. The Balaban J connectivity index is 1.73. The third kappa shape index (κ3) is 3.68. The average molecular weight is 312 g/mol. The molecule has 3 rings (SSSR count). The highest BCUT2D eigenvalue weighted by Crippen LogP contribution is 2.23. The minimum Gasteiger partial charge on any atom is -0.497 e. The highest BCUT2D eigenvalue weighted by molar-refractivity contribution is 5.82. The van der Waals surface area contributed by atoms with E-state index in [4.69, 9.17) is 10.00 Å². The van der Waals surface area contributed by atoms with Gasteiger partial charge in [-0.1, -0.05) is 24.3 Å². The van der Waals surface area contributed by atoms with Crippen molar-refractivity contribution in [3.8, 4) is 22.9 Å². The van der Waals surface area contributed by atoms with E-state index in [0.29, 0.717) is 5.56 Å². The third-order valence-corrected chi connectivity index (χ3v) is 3.69. The van der Waals surface area contributed by atoms with Crippen LogP contribution in [0.3, 0.4) is 0 Å². The summed E-state index contributed by atoms with van der Waals surface area (Å²) in [5.41, 5.74) is 4.76. The minimum absolute atomic E-state index is 0.666. The molecule has 0 aliphatic heterocycles. The molecule has 3 nitrogen and oxygen atoms in total. The van der Waals surface area contributed by atoms with E-state index in [1.807, 2.05) is 79.0 Å². The summed E-state index contributed by atoms with van der Waals surface area (Å²) in [6, 6.07) is 25.5. The average Bonchev–Trinajstić information content (AvgIpc) is 2.67. The lowest BCUT2D eigenvalue weighted by Crippen LogP contribution is -1.84. The monoisotopic (exact) mass is 312 g/mol. The fraction of sp³-hybridized carbons (Fsp3) is 0.0476. The number of rotatable bonds is 4. The maximum Gasteiger partial charge on any atom is 0.118 e. The Labute approximate surface area is 141 Å². The molecule has 0 aliphatic carbocycles. The molecule has 0 N–H and O–H groups in total. The van der Waals surface area contributed by atoms with Gasteiger partial charge in [0.2, 0.25) is 0 Å². The molecule has 0 saturated heterocycles. The number of methoxy groups -OCH3 is 1. The van der Waals surface area contributed by atoms with Gasteiger partial charge in [0.1, 0.15) is 5.75 Å². The topological polar surface area (TPSA) is 45.4 Å². The van der Waals surface area contributed by atoms with Crippen LogP contribution in [0.4, 0.5) is 5.69 Å². The Morgan fingerprint density at radius 1 is 0.833 bits per heavy atom. The molecular weight excluding hydrogens is 296 g/mol. The van der Waals surface area contributed by atoms with E-state index < -0.39 is 0 Å². The summed E-state index contributed by atoms with van der Waals surface area (Å²) in [6.07, 6.45) is 1.83. The van der Waals surface area contributed by atoms with Gasteiger partial charge in [-0.15, -0.1) is 0 Å². The predicted octanol–water partition coefficient (Wildman–Crippen LogP) is 4.98. The van der Waals surface area contributed by atoms with Crippen molar-refractivity contribution in [2.24, 2.45) is 4.99 Å². The first kappa shape index (κ1) is 15.5. The van der Waals surface area contributed by atoms with Crippen molar-refractivity contribution in [2.75, 3.05) is 7.11 Å². The fourth-order valence-electron chi connectivity index (χ4n) is 2.32. The van der Waals surface area contributed by atoms with Crippen LogP contribution in [-0.4, -0.2) is 13.3 Å². The maximum absolute atomic E-state index is 8.84. The lowest BCUT2D eigenvalue weighted by atomic mass is 10.0. The highest BCUT2D eigenvalue weighted by Gasteiger charge is 1.98. The molecule has 0 unspecified atom stereocenters. The molecular formula is C21H16N2O. The van der Waals surface area contributed by atoms with E-state index in [2.05, 4.69) is 11.1 Å². The summed E-state index contributed by atoms with van der Waals surface area (Å²) in [6.45, 7) is 0. The standard InChI is InChI=1S/C21H16N2O/c1-24-21-12-4-17(5-13-21)15-23-20-10-8-19(9-11-20)18-6-2-16(14-22)3-7-18/h2-13,15H,1H3. The van der Waals surface area contributed by atoms with Crippen LogP contribution in [-0.2, 0) is 0 Å². The summed E-state index contributed by atoms with van der Waals surface area (Å²) in [5, 5.41) is 8.84. The van der Waals surface area contributed by atoms with Gasteiger partial charge in [0.15, 0.2) is 0 Å². The molecule has 0 heterocycles. The molecule has 0 atom stereocenters. The Morgan fingerprint density at radius 3 is 1.96 bits per heavy atom. The second-order valence-corrected chi connectivity index (χ2v) is 5.27. The quantitative estimate of drug-likeness (QED) is 0.637. The first-order chi connectivity index (χ1) is 11.8. The molecule has 116 valence electrons. The molecule has 0 radical (unpaired) electrons. The number of nitriles is 1. The van der Waals surface area contributed by atoms with Crippen molar-refractivity contribution < 1.29 is 4.74 Å². The number of hydrogen-bond donors (Lipinski definition) is 0. The minimum atomic E-state index is 0.666. The van der Waals surface area contributed by atoms with Crippen molar-refractivity contribution in [3.63, 3.8) is 0 Å². The first-order valence-corrected chi connectivity index (χ1v) is 7.57. The number of hydrogen-bond acceptors (Lipinski definition) is 3. The van der Waals surface area contributed by atoms with Gasteiger partial charge in [0.25, 0.3) is 0 Å². The van der Waals surface area contributed by atoms with Gasteiger partial charge in [-0.05, 0) is 65.2 Å². The molecule has 0 bridgehead atoms. The molecule has 3 aromatic rings. The molecule has 0 spiro atoms. The SMILES string of the molecule is COc1ccc(C=Nc2ccc(-c3ccc(C#N)cc3)cc2)cc1. The highest BCUT2D eigenvalue weighted by atomic mass is 16.5. The van der Waals surface area contributed by atoms with E-state index in [9.17, 15) is 0 Å². The number of benzene rings is 3. The molecule has 24 heavy (non-hydrogen) atoms. The summed E-state index contributed by atoms with van der Waals surface area (Å²) in [4.78, 5) is 4.49. The van der Waals surface area contributed by atoms with Crippen molar-refractivity contribution in [1.82, 2.24) is 0 Å². The van der Waals surface area contributed by atoms with E-state index in [0.717, 1.165) is 28.1 Å². The van der Waals surface area contributed by atoms with E-state index in [1.54, 1.807) is 7.11 Å². The van der Waals surface area contributed by atoms with Gasteiger partial charge >= 0.3 is 0 Å². The second kappa shape index (κ2) is 7.26. The summed E-state index contributed by atoms with van der Waals surface area (Å²) >= 11 is 0. The zero-order valence-electron chi connectivity index (χ0n) is 13.3. The van der Waals surface area contributed by atoms with Gasteiger partial charge in [0.05, 0.1) is 24.4 Å². The van der Waals surface area contributed by atoms with Gasteiger partial charge in [-0.2, -0.15) is 5.26 Å². The summed E-state index contributed by atoms with van der Waals surface area (Å²) in [7, 11) is 1.65. The second-order valence-electron chi connectivity index (χ2n) is 5.27. The fourth-order valence-corrected chi connectivity index (χ4v) is 2.32. The Hall–Kier alpha value is -3.38. The molecule has 0 fully saturated rings. The molecule has 3 heteroatoms. The molecule has 0 amide bonds. The Bertz CT molecular complexity index is 871. The van der Waals surface area contributed by atoms with Crippen LogP contribution in [0, 0.1) is 11.3 Å². The van der Waals surface area contributed by atoms with Crippen LogP contribution < -0.4 is 4.74 Å². The number of nitrogens with zero attached hydrogens (tertiary/aromatic N) is 2. The van der Waals surface area contributed by atoms with E-state index in [-0.39, 0.29) is 0 Å². The van der Waals surface area contributed by atoms with E-state index >= 15 is 0 Å². The molecule has 0 aliphatic rings. The first-order valence-electron chi connectivity index (χ1n) is 7.57. The molecule has 0 saturated carbocycles. The van der Waals surface area contributed by atoms with Gasteiger partial charge in [0, 0.05) is 6.21 Å². The normalized spacial score (nSPS) is 10.5. The van der Waals surface area contributed by atoms with Crippen molar-refractivity contribution >= 4 is 11.9 Å². The Kier molecular flexibility index (Phi) is 4.69. The van der Waals surface area contributed by atoms with Crippen molar-refractivity contribution in [3.05, 3.63) is 83.9 Å². The van der Waals surface area contributed by atoms with Crippen LogP contribution in [0.15, 0.2) is 77.8 Å². The lowest BCUT2D eigenvalue weighted by molar-refractivity contribution is 0.415. The zero-order valence-corrected chi connectivity index (χ0v) is 13.3. The lowest BCUT2D eigenvalue weighted by Gasteiger charge is -2.02.